The fraction of sp³-hybridized carbons (Fsp3) is 0.385. The van der Waals surface area contributed by atoms with Crippen molar-refractivity contribution in [2.45, 2.75) is 44.9 Å². The molecule has 6 heteroatoms. The smallest absolute Gasteiger partial charge is 0.225 e. The van der Waals surface area contributed by atoms with Crippen LogP contribution in [0.5, 0.6) is 11.5 Å². The minimum absolute atomic E-state index is 0.0436. The molecule has 1 heterocycles. The van der Waals surface area contributed by atoms with Gasteiger partial charge < -0.3 is 14.8 Å². The average molecular weight is 498 g/mol. The number of nitrogens with one attached hydrogen (secondary N) is 1. The van der Waals surface area contributed by atoms with E-state index in [1.165, 1.54) is 0 Å². The molecule has 1 N–H and O–H groups in total. The number of ether oxygens (including phenoxy) is 2. The first-order valence-corrected chi connectivity index (χ1v) is 11.8. The molecule has 0 aromatic heterocycles. The topological polar surface area (TPSA) is 64.6 Å². The van der Waals surface area contributed by atoms with Gasteiger partial charge in [0.2, 0.25) is 5.91 Å². The van der Waals surface area contributed by atoms with Crippen LogP contribution in [0.4, 0.5) is 0 Å². The maximum atomic E-state index is 13.3. The van der Waals surface area contributed by atoms with E-state index in [-0.39, 0.29) is 29.9 Å². The summed E-state index contributed by atoms with van der Waals surface area (Å²) >= 11 is 3.52. The van der Waals surface area contributed by atoms with E-state index in [9.17, 15) is 9.59 Å². The first kappa shape index (κ1) is 22.6. The Balaban J connectivity index is 1.58. The number of benzene rings is 2. The average Bonchev–Trinajstić information content (AvgIpc) is 2.77. The standard InChI is InChI=1S/C26H28BrNO4/c1-15(2)14-32-19-7-4-16(5-8-19)18-11-22-26(23(29)12-18)20(13-25(30)28-22)17-6-9-24(31-3)21(27)10-17/h4-10,15,18,20H,11-14H2,1-3H3,(H,28,30). The van der Waals surface area contributed by atoms with E-state index >= 15 is 0 Å². The number of methoxy groups -OCH3 is 1. The number of amides is 1. The first-order valence-electron chi connectivity index (χ1n) is 11.0. The van der Waals surface area contributed by atoms with Gasteiger partial charge in [0.25, 0.3) is 0 Å². The number of carbonyl (C=O) groups is 2. The third-order valence-corrected chi connectivity index (χ3v) is 6.67. The lowest BCUT2D eigenvalue weighted by Crippen LogP contribution is -2.38. The highest BCUT2D eigenvalue weighted by Gasteiger charge is 2.38. The molecule has 1 amide bonds. The van der Waals surface area contributed by atoms with E-state index in [1.54, 1.807) is 7.11 Å². The molecule has 0 fully saturated rings. The minimum Gasteiger partial charge on any atom is -0.496 e. The van der Waals surface area contributed by atoms with Crippen LogP contribution in [0.25, 0.3) is 0 Å². The molecular weight excluding hydrogens is 470 g/mol. The van der Waals surface area contributed by atoms with Crippen molar-refractivity contribution in [3.8, 4) is 11.5 Å². The lowest BCUT2D eigenvalue weighted by Gasteiger charge is -2.34. The first-order chi connectivity index (χ1) is 15.4. The highest BCUT2D eigenvalue weighted by Crippen LogP contribution is 2.43. The predicted octanol–water partition coefficient (Wildman–Crippen LogP) is 5.50. The molecule has 2 aromatic carbocycles. The largest absolute Gasteiger partial charge is 0.496 e. The Kier molecular flexibility index (Phi) is 6.70. The molecule has 0 saturated carbocycles. The molecule has 2 aliphatic rings. The second-order valence-electron chi connectivity index (χ2n) is 8.89. The fourth-order valence-corrected chi connectivity index (χ4v) is 5.04. The number of hydrogen-bond donors (Lipinski definition) is 1. The summed E-state index contributed by atoms with van der Waals surface area (Å²) in [6.07, 6.45) is 1.36. The number of ketones is 1. The van der Waals surface area contributed by atoms with Crippen LogP contribution >= 0.6 is 15.9 Å². The molecule has 1 aliphatic heterocycles. The zero-order valence-corrected chi connectivity index (χ0v) is 20.2. The van der Waals surface area contributed by atoms with E-state index in [0.29, 0.717) is 25.4 Å². The van der Waals surface area contributed by atoms with Gasteiger partial charge in [-0.25, -0.2) is 0 Å². The van der Waals surface area contributed by atoms with Crippen LogP contribution in [0, 0.1) is 5.92 Å². The summed E-state index contributed by atoms with van der Waals surface area (Å²) in [5, 5.41) is 2.99. The van der Waals surface area contributed by atoms with Crippen LogP contribution < -0.4 is 14.8 Å². The highest BCUT2D eigenvalue weighted by atomic mass is 79.9. The van der Waals surface area contributed by atoms with Crippen LogP contribution in [0.3, 0.4) is 0 Å². The molecule has 0 radical (unpaired) electrons. The van der Waals surface area contributed by atoms with Crippen molar-refractivity contribution in [2.75, 3.05) is 13.7 Å². The molecule has 4 rings (SSSR count). The zero-order chi connectivity index (χ0) is 22.8. The molecule has 0 bridgehead atoms. The van der Waals surface area contributed by atoms with Crippen molar-refractivity contribution in [2.24, 2.45) is 5.92 Å². The van der Waals surface area contributed by atoms with Crippen LogP contribution in [0.1, 0.15) is 56.1 Å². The van der Waals surface area contributed by atoms with Gasteiger partial charge in [0.1, 0.15) is 11.5 Å². The molecule has 168 valence electrons. The summed E-state index contributed by atoms with van der Waals surface area (Å²) in [5.74, 6) is 1.88. The van der Waals surface area contributed by atoms with Gasteiger partial charge in [-0.1, -0.05) is 32.0 Å². The van der Waals surface area contributed by atoms with Crippen molar-refractivity contribution in [1.82, 2.24) is 5.32 Å². The Hall–Kier alpha value is -2.60. The van der Waals surface area contributed by atoms with Crippen LogP contribution in [0.15, 0.2) is 58.2 Å². The minimum atomic E-state index is -0.235. The fourth-order valence-electron chi connectivity index (χ4n) is 4.48. The maximum Gasteiger partial charge on any atom is 0.225 e. The maximum absolute atomic E-state index is 13.3. The van der Waals surface area contributed by atoms with E-state index < -0.39 is 0 Å². The Morgan fingerprint density at radius 3 is 2.41 bits per heavy atom. The van der Waals surface area contributed by atoms with E-state index in [2.05, 4.69) is 35.1 Å². The Morgan fingerprint density at radius 1 is 1.03 bits per heavy atom. The van der Waals surface area contributed by atoms with Crippen molar-refractivity contribution in [3.05, 3.63) is 69.3 Å². The molecule has 32 heavy (non-hydrogen) atoms. The monoisotopic (exact) mass is 497 g/mol. The third-order valence-electron chi connectivity index (χ3n) is 6.05. The molecule has 0 spiro atoms. The Morgan fingerprint density at radius 2 is 1.75 bits per heavy atom. The van der Waals surface area contributed by atoms with Gasteiger partial charge in [0.05, 0.1) is 18.2 Å². The van der Waals surface area contributed by atoms with Crippen molar-refractivity contribution >= 4 is 27.6 Å². The lowest BCUT2D eigenvalue weighted by molar-refractivity contribution is -0.122. The van der Waals surface area contributed by atoms with Gasteiger partial charge in [0.15, 0.2) is 5.78 Å². The van der Waals surface area contributed by atoms with Gasteiger partial charge in [0, 0.05) is 30.0 Å². The van der Waals surface area contributed by atoms with Gasteiger partial charge >= 0.3 is 0 Å². The van der Waals surface area contributed by atoms with Crippen LogP contribution in [-0.2, 0) is 9.59 Å². The number of hydrogen-bond acceptors (Lipinski definition) is 4. The summed E-state index contributed by atoms with van der Waals surface area (Å²) in [5.41, 5.74) is 3.54. The van der Waals surface area contributed by atoms with E-state index in [0.717, 1.165) is 38.4 Å². The second-order valence-corrected chi connectivity index (χ2v) is 9.75. The second kappa shape index (κ2) is 9.49. The van der Waals surface area contributed by atoms with E-state index in [4.69, 9.17) is 9.47 Å². The van der Waals surface area contributed by atoms with E-state index in [1.807, 2.05) is 42.5 Å². The van der Waals surface area contributed by atoms with Crippen molar-refractivity contribution < 1.29 is 19.1 Å². The Bertz CT molecular complexity index is 1060. The number of carbonyl (C=O) groups excluding carboxylic acids is 2. The highest BCUT2D eigenvalue weighted by molar-refractivity contribution is 9.10. The van der Waals surface area contributed by atoms with Gasteiger partial charge in [-0.3, -0.25) is 9.59 Å². The SMILES string of the molecule is COc1ccc(C2CC(=O)NC3=C2C(=O)CC(c2ccc(OCC(C)C)cc2)C3)cc1Br. The van der Waals surface area contributed by atoms with Gasteiger partial charge in [-0.2, -0.15) is 0 Å². The molecule has 2 atom stereocenters. The zero-order valence-electron chi connectivity index (χ0n) is 18.6. The Labute approximate surface area is 197 Å². The summed E-state index contributed by atoms with van der Waals surface area (Å²) in [7, 11) is 1.61. The summed E-state index contributed by atoms with van der Waals surface area (Å²) in [6, 6.07) is 13.7. The quantitative estimate of drug-likeness (QED) is 0.572. The summed E-state index contributed by atoms with van der Waals surface area (Å²) in [4.78, 5) is 25.8. The number of halogens is 1. The molecule has 2 unspecified atom stereocenters. The van der Waals surface area contributed by atoms with Gasteiger partial charge in [-0.05, 0) is 69.6 Å². The normalized spacial score (nSPS) is 20.8. The summed E-state index contributed by atoms with van der Waals surface area (Å²) in [6.45, 7) is 4.90. The lowest BCUT2D eigenvalue weighted by atomic mass is 9.73. The van der Waals surface area contributed by atoms with Crippen LogP contribution in [0.2, 0.25) is 0 Å². The molecule has 1 aliphatic carbocycles. The molecule has 2 aromatic rings. The van der Waals surface area contributed by atoms with Crippen LogP contribution in [-0.4, -0.2) is 25.4 Å². The van der Waals surface area contributed by atoms with Gasteiger partial charge in [-0.15, -0.1) is 0 Å². The third kappa shape index (κ3) is 4.75. The molecule has 5 nitrogen and oxygen atoms in total. The van der Waals surface area contributed by atoms with Crippen molar-refractivity contribution in [1.29, 1.82) is 0 Å². The number of allylic oxidation sites excluding steroid dienone is 2. The number of Topliss-reactive ketones (excluding diaryl/α,β-unsaturated/α-hetero) is 1. The van der Waals surface area contributed by atoms with Crippen molar-refractivity contribution in [3.63, 3.8) is 0 Å². The predicted molar refractivity (Wildman–Crippen MR) is 127 cm³/mol. The molecular formula is C26H28BrNO4. The number of rotatable bonds is 6. The summed E-state index contributed by atoms with van der Waals surface area (Å²) < 4.78 is 11.9. The molecule has 0 saturated heterocycles.